The molecule has 0 amide bonds. The molecule has 0 saturated heterocycles. The highest BCUT2D eigenvalue weighted by Crippen LogP contribution is 2.43. The van der Waals surface area contributed by atoms with E-state index in [-0.39, 0.29) is 0 Å². The highest BCUT2D eigenvalue weighted by Gasteiger charge is 2.29. The van der Waals surface area contributed by atoms with Crippen LogP contribution in [-0.4, -0.2) is 0 Å². The molecule has 0 spiro atoms. The molecule has 1 fully saturated rings. The lowest BCUT2D eigenvalue weighted by molar-refractivity contribution is 0.417. The predicted octanol–water partition coefficient (Wildman–Crippen LogP) is 9.60. The quantitative estimate of drug-likeness (QED) is 0.375. The minimum Gasteiger partial charge on any atom is -0.0986 e. The molecule has 5 rings (SSSR count). The average molecular weight is 463 g/mol. The first-order valence-electron chi connectivity index (χ1n) is 13.8. The molecular weight excluding hydrogens is 420 g/mol. The van der Waals surface area contributed by atoms with Gasteiger partial charge >= 0.3 is 0 Å². The van der Waals surface area contributed by atoms with Crippen molar-refractivity contribution in [1.29, 1.82) is 0 Å². The number of rotatable bonds is 6. The maximum atomic E-state index is 4.50. The van der Waals surface area contributed by atoms with Crippen molar-refractivity contribution >= 4 is 6.08 Å². The highest BCUT2D eigenvalue weighted by molar-refractivity contribution is 5.80. The van der Waals surface area contributed by atoms with Crippen molar-refractivity contribution in [2.24, 2.45) is 23.7 Å². The van der Waals surface area contributed by atoms with Crippen LogP contribution in [0, 0.1) is 37.5 Å². The van der Waals surface area contributed by atoms with Gasteiger partial charge in [0.2, 0.25) is 0 Å². The van der Waals surface area contributed by atoms with E-state index in [1.54, 1.807) is 5.56 Å². The zero-order valence-electron chi connectivity index (χ0n) is 22.3. The van der Waals surface area contributed by atoms with E-state index >= 15 is 0 Å². The SMILES string of the molecule is C=C1C=CC(CC)C(=C)C1CC1=Cc2cccc(-c3cc(C)cc(C)c3C[C@@H]3CCC[C@@H]3C)c2C1. The molecule has 182 valence electrons. The van der Waals surface area contributed by atoms with Crippen molar-refractivity contribution in [3.63, 3.8) is 0 Å². The third-order valence-electron chi connectivity index (χ3n) is 9.21. The van der Waals surface area contributed by atoms with Gasteiger partial charge in [-0.2, -0.15) is 0 Å². The van der Waals surface area contributed by atoms with Crippen LogP contribution in [0.4, 0.5) is 0 Å². The fourth-order valence-corrected chi connectivity index (χ4v) is 7.01. The smallest absolute Gasteiger partial charge is 0.00827 e. The molecule has 35 heavy (non-hydrogen) atoms. The number of hydrogen-bond acceptors (Lipinski definition) is 0. The van der Waals surface area contributed by atoms with Crippen molar-refractivity contribution < 1.29 is 0 Å². The fourth-order valence-electron chi connectivity index (χ4n) is 7.01. The summed E-state index contributed by atoms with van der Waals surface area (Å²) in [5, 5.41) is 0. The van der Waals surface area contributed by atoms with E-state index in [9.17, 15) is 0 Å². The first kappa shape index (κ1) is 24.1. The van der Waals surface area contributed by atoms with E-state index in [1.165, 1.54) is 75.8 Å². The standard InChI is InChI=1S/C35H42/c1-7-28-15-14-24(4)32(26(28)6)19-27-18-30-12-9-13-31(34(30)20-27)35-17-22(2)16-25(5)33(35)21-29-11-8-10-23(29)3/h9,12-18,23,28-29,32H,4,6-8,10-11,19-21H2,1-3,5H3/t23-,28?,29-,32?/m0/s1. The van der Waals surface area contributed by atoms with Crippen LogP contribution < -0.4 is 0 Å². The summed E-state index contributed by atoms with van der Waals surface area (Å²) in [6.07, 6.45) is 15.6. The van der Waals surface area contributed by atoms with Crippen LogP contribution >= 0.6 is 0 Å². The van der Waals surface area contributed by atoms with Gasteiger partial charge in [0.1, 0.15) is 0 Å². The maximum Gasteiger partial charge on any atom is 0.00827 e. The summed E-state index contributed by atoms with van der Waals surface area (Å²) in [5.74, 6) is 2.52. The number of benzene rings is 2. The maximum absolute atomic E-state index is 4.50. The molecule has 2 unspecified atom stereocenters. The second kappa shape index (κ2) is 9.81. The van der Waals surface area contributed by atoms with Gasteiger partial charge in [0.05, 0.1) is 0 Å². The summed E-state index contributed by atoms with van der Waals surface area (Å²) in [4.78, 5) is 0. The van der Waals surface area contributed by atoms with Crippen LogP contribution in [0.3, 0.4) is 0 Å². The monoisotopic (exact) mass is 462 g/mol. The average Bonchev–Trinajstić information content (AvgIpc) is 3.43. The predicted molar refractivity (Wildman–Crippen MR) is 153 cm³/mol. The third kappa shape index (κ3) is 4.65. The second-order valence-electron chi connectivity index (χ2n) is 11.6. The van der Waals surface area contributed by atoms with Gasteiger partial charge in [-0.15, -0.1) is 0 Å². The van der Waals surface area contributed by atoms with Gasteiger partial charge in [0, 0.05) is 5.92 Å². The number of hydrogen-bond donors (Lipinski definition) is 0. The van der Waals surface area contributed by atoms with Crippen LogP contribution in [0.1, 0.15) is 73.8 Å². The van der Waals surface area contributed by atoms with Gasteiger partial charge in [-0.3, -0.25) is 0 Å². The van der Waals surface area contributed by atoms with Crippen LogP contribution in [0.25, 0.3) is 17.2 Å². The Labute approximate surface area is 213 Å². The van der Waals surface area contributed by atoms with E-state index in [0.717, 1.165) is 31.1 Å². The Hall–Kier alpha value is -2.60. The van der Waals surface area contributed by atoms with Gasteiger partial charge in [0.25, 0.3) is 0 Å². The van der Waals surface area contributed by atoms with Gasteiger partial charge < -0.3 is 0 Å². The van der Waals surface area contributed by atoms with E-state index < -0.39 is 0 Å². The fraction of sp³-hybridized carbons (Fsp3) is 0.429. The molecule has 0 heterocycles. The topological polar surface area (TPSA) is 0 Å². The van der Waals surface area contributed by atoms with Gasteiger partial charge in [-0.1, -0.05) is 105 Å². The van der Waals surface area contributed by atoms with Crippen LogP contribution in [0.5, 0.6) is 0 Å². The Kier molecular flexibility index (Phi) is 6.75. The molecule has 0 radical (unpaired) electrons. The Bertz CT molecular complexity index is 1220. The van der Waals surface area contributed by atoms with Gasteiger partial charge in [-0.05, 0) is 103 Å². The molecule has 0 heteroatoms. The van der Waals surface area contributed by atoms with Crippen LogP contribution in [0.15, 0.2) is 72.4 Å². The molecule has 4 atom stereocenters. The van der Waals surface area contributed by atoms with Crippen molar-refractivity contribution in [3.05, 3.63) is 100 Å². The first-order chi connectivity index (χ1) is 16.9. The minimum atomic E-state index is 0.370. The molecule has 0 nitrogen and oxygen atoms in total. The number of aryl methyl sites for hydroxylation is 2. The van der Waals surface area contributed by atoms with E-state index in [0.29, 0.717) is 11.8 Å². The molecule has 1 saturated carbocycles. The van der Waals surface area contributed by atoms with Gasteiger partial charge in [-0.25, -0.2) is 0 Å². The lowest BCUT2D eigenvalue weighted by Crippen LogP contribution is -2.17. The van der Waals surface area contributed by atoms with E-state index in [4.69, 9.17) is 0 Å². The Balaban J connectivity index is 1.45. The highest BCUT2D eigenvalue weighted by atomic mass is 14.3. The Morgan fingerprint density at radius 1 is 1.00 bits per heavy atom. The summed E-state index contributed by atoms with van der Waals surface area (Å²) < 4.78 is 0. The van der Waals surface area contributed by atoms with E-state index in [1.807, 2.05) is 0 Å². The molecule has 2 aromatic carbocycles. The molecule has 0 bridgehead atoms. The van der Waals surface area contributed by atoms with Crippen molar-refractivity contribution in [1.82, 2.24) is 0 Å². The lowest BCUT2D eigenvalue weighted by Gasteiger charge is -2.29. The number of allylic oxidation sites excluding steroid dienone is 5. The lowest BCUT2D eigenvalue weighted by atomic mass is 9.75. The summed E-state index contributed by atoms with van der Waals surface area (Å²) >= 11 is 0. The molecule has 0 aromatic heterocycles. The largest absolute Gasteiger partial charge is 0.0986 e. The Morgan fingerprint density at radius 3 is 2.57 bits per heavy atom. The zero-order chi connectivity index (χ0) is 24.7. The Morgan fingerprint density at radius 2 is 1.83 bits per heavy atom. The molecule has 0 aliphatic heterocycles. The molecule has 3 aliphatic carbocycles. The molecule has 2 aromatic rings. The second-order valence-corrected chi connectivity index (χ2v) is 11.6. The van der Waals surface area contributed by atoms with Gasteiger partial charge in [0.15, 0.2) is 0 Å². The van der Waals surface area contributed by atoms with Crippen molar-refractivity contribution in [3.8, 4) is 11.1 Å². The van der Waals surface area contributed by atoms with E-state index in [2.05, 4.69) is 89.4 Å². The number of fused-ring (bicyclic) bond motifs is 1. The zero-order valence-corrected chi connectivity index (χ0v) is 22.3. The molecular formula is C35H42. The van der Waals surface area contributed by atoms with Crippen LogP contribution in [-0.2, 0) is 12.8 Å². The van der Waals surface area contributed by atoms with Crippen molar-refractivity contribution in [2.75, 3.05) is 0 Å². The summed E-state index contributed by atoms with van der Waals surface area (Å²) in [6, 6.07) is 11.8. The minimum absolute atomic E-state index is 0.370. The van der Waals surface area contributed by atoms with Crippen LogP contribution in [0.2, 0.25) is 0 Å². The molecule has 3 aliphatic rings. The summed E-state index contributed by atoms with van der Waals surface area (Å²) in [6.45, 7) is 18.2. The van der Waals surface area contributed by atoms with Crippen molar-refractivity contribution in [2.45, 2.75) is 72.6 Å². The molecule has 0 N–H and O–H groups in total. The summed E-state index contributed by atoms with van der Waals surface area (Å²) in [7, 11) is 0. The normalized spacial score (nSPS) is 25.8. The summed E-state index contributed by atoms with van der Waals surface area (Å²) in [5.41, 5.74) is 14.4. The third-order valence-corrected chi connectivity index (χ3v) is 9.21. The first-order valence-corrected chi connectivity index (χ1v) is 13.8.